The van der Waals surface area contributed by atoms with E-state index in [2.05, 4.69) is 22.5 Å². The lowest BCUT2D eigenvalue weighted by molar-refractivity contribution is 0.357. The number of nitrogens with zero attached hydrogens (tertiary/aromatic N) is 2. The predicted octanol–water partition coefficient (Wildman–Crippen LogP) is 3.37. The molecule has 0 saturated carbocycles. The van der Waals surface area contributed by atoms with Gasteiger partial charge in [-0.25, -0.2) is 4.39 Å². The number of ether oxygens (including phenoxy) is 1. The fraction of sp³-hybridized carbons (Fsp3) is 0.250. The Morgan fingerprint density at radius 3 is 2.80 bits per heavy atom. The monoisotopic (exact) mass is 337 g/mol. The van der Waals surface area contributed by atoms with Gasteiger partial charge in [-0.1, -0.05) is 24.3 Å². The Hall–Kier alpha value is -2.66. The van der Waals surface area contributed by atoms with E-state index in [1.54, 1.807) is 4.68 Å². The summed E-state index contributed by atoms with van der Waals surface area (Å²) < 4.78 is 20.6. The molecule has 1 atom stereocenters. The van der Waals surface area contributed by atoms with Gasteiger partial charge in [-0.2, -0.15) is 5.10 Å². The molecule has 0 bridgehead atoms. The second-order valence-electron chi connectivity index (χ2n) is 6.35. The third-order valence-electron chi connectivity index (χ3n) is 4.53. The van der Waals surface area contributed by atoms with Gasteiger partial charge in [-0.05, 0) is 34.9 Å². The van der Waals surface area contributed by atoms with Crippen LogP contribution in [0.2, 0.25) is 0 Å². The van der Waals surface area contributed by atoms with Gasteiger partial charge in [0.15, 0.2) is 0 Å². The number of hydrogen-bond donors (Lipinski definition) is 1. The molecule has 1 N–H and O–H groups in total. The number of aryl methyl sites for hydroxylation is 1. The Morgan fingerprint density at radius 2 is 2.04 bits per heavy atom. The van der Waals surface area contributed by atoms with Crippen molar-refractivity contribution in [3.8, 4) is 5.75 Å². The predicted molar refractivity (Wildman–Crippen MR) is 93.9 cm³/mol. The zero-order valence-electron chi connectivity index (χ0n) is 14.1. The van der Waals surface area contributed by atoms with Gasteiger partial charge in [0.05, 0.1) is 18.8 Å². The molecule has 1 aliphatic heterocycles. The van der Waals surface area contributed by atoms with Gasteiger partial charge >= 0.3 is 0 Å². The van der Waals surface area contributed by atoms with Crippen LogP contribution in [0.4, 0.5) is 4.39 Å². The topological polar surface area (TPSA) is 39.1 Å². The van der Waals surface area contributed by atoms with Crippen molar-refractivity contribution in [2.24, 2.45) is 7.05 Å². The Bertz CT molecular complexity index is 873. The molecule has 3 aromatic rings. The van der Waals surface area contributed by atoms with Crippen molar-refractivity contribution in [1.29, 1.82) is 0 Å². The van der Waals surface area contributed by atoms with Gasteiger partial charge in [-0.3, -0.25) is 4.68 Å². The first-order chi connectivity index (χ1) is 12.2. The molecule has 0 radical (unpaired) electrons. The minimum absolute atomic E-state index is 0.0428. The average Bonchev–Trinajstić information content (AvgIpc) is 3.25. The van der Waals surface area contributed by atoms with Gasteiger partial charge in [0, 0.05) is 31.8 Å². The lowest BCUT2D eigenvalue weighted by Gasteiger charge is -2.18. The Balaban J connectivity index is 1.57. The summed E-state index contributed by atoms with van der Waals surface area (Å²) in [6.45, 7) is 1.48. The van der Waals surface area contributed by atoms with Gasteiger partial charge in [0.1, 0.15) is 11.6 Å². The van der Waals surface area contributed by atoms with Crippen LogP contribution in [0.5, 0.6) is 5.75 Å². The van der Waals surface area contributed by atoms with Crippen LogP contribution < -0.4 is 10.1 Å². The highest BCUT2D eigenvalue weighted by molar-refractivity contribution is 5.40. The first-order valence-corrected chi connectivity index (χ1v) is 8.41. The molecule has 0 amide bonds. The van der Waals surface area contributed by atoms with Gasteiger partial charge in [0.2, 0.25) is 0 Å². The maximum Gasteiger partial charge on any atom is 0.123 e. The number of fused-ring (bicyclic) bond motifs is 1. The number of benzene rings is 2. The van der Waals surface area contributed by atoms with Crippen molar-refractivity contribution in [3.05, 3.63) is 82.9 Å². The van der Waals surface area contributed by atoms with E-state index in [1.165, 1.54) is 23.3 Å². The van der Waals surface area contributed by atoms with Crippen LogP contribution in [-0.2, 0) is 20.0 Å². The molecule has 4 rings (SSSR count). The molecule has 0 aliphatic carbocycles. The highest BCUT2D eigenvalue weighted by atomic mass is 19.1. The first-order valence-electron chi connectivity index (χ1n) is 8.41. The molecule has 0 unspecified atom stereocenters. The van der Waals surface area contributed by atoms with Crippen molar-refractivity contribution in [3.63, 3.8) is 0 Å². The summed E-state index contributed by atoms with van der Waals surface area (Å²) in [5.74, 6) is 0.762. The van der Waals surface area contributed by atoms with E-state index >= 15 is 0 Å². The molecular weight excluding hydrogens is 317 g/mol. The maximum absolute atomic E-state index is 13.3. The first kappa shape index (κ1) is 15.8. The maximum atomic E-state index is 13.3. The van der Waals surface area contributed by atoms with Crippen molar-refractivity contribution in [1.82, 2.24) is 15.1 Å². The van der Waals surface area contributed by atoms with Crippen LogP contribution in [0.1, 0.15) is 28.3 Å². The second kappa shape index (κ2) is 6.69. The SMILES string of the molecule is Cn1cc([C@H](NCc2ccc3c(c2)CCO3)c2ccc(F)cc2)cn1. The largest absolute Gasteiger partial charge is 0.493 e. The minimum atomic E-state index is -0.229. The van der Waals surface area contributed by atoms with E-state index in [0.29, 0.717) is 6.54 Å². The summed E-state index contributed by atoms with van der Waals surface area (Å²) in [6, 6.07) is 12.9. The summed E-state index contributed by atoms with van der Waals surface area (Å²) in [6.07, 6.45) is 4.79. The van der Waals surface area contributed by atoms with Crippen LogP contribution in [0, 0.1) is 5.82 Å². The molecule has 0 fully saturated rings. The number of halogens is 1. The third kappa shape index (κ3) is 3.42. The molecule has 5 heteroatoms. The highest BCUT2D eigenvalue weighted by Crippen LogP contribution is 2.27. The normalized spacial score (nSPS) is 14.2. The Morgan fingerprint density at radius 1 is 1.20 bits per heavy atom. The van der Waals surface area contributed by atoms with Crippen molar-refractivity contribution < 1.29 is 9.13 Å². The summed E-state index contributed by atoms with van der Waals surface area (Å²) in [5.41, 5.74) is 4.54. The van der Waals surface area contributed by atoms with E-state index in [1.807, 2.05) is 37.6 Å². The molecule has 128 valence electrons. The summed E-state index contributed by atoms with van der Waals surface area (Å²) in [5, 5.41) is 7.84. The summed E-state index contributed by atoms with van der Waals surface area (Å²) >= 11 is 0. The third-order valence-corrected chi connectivity index (χ3v) is 4.53. The minimum Gasteiger partial charge on any atom is -0.493 e. The highest BCUT2D eigenvalue weighted by Gasteiger charge is 2.17. The molecule has 0 spiro atoms. The number of nitrogens with one attached hydrogen (secondary N) is 1. The van der Waals surface area contributed by atoms with Crippen LogP contribution in [0.3, 0.4) is 0 Å². The van der Waals surface area contributed by atoms with Crippen LogP contribution >= 0.6 is 0 Å². The lowest BCUT2D eigenvalue weighted by atomic mass is 10.0. The number of rotatable bonds is 5. The fourth-order valence-corrected chi connectivity index (χ4v) is 3.24. The zero-order chi connectivity index (χ0) is 17.2. The molecule has 2 heterocycles. The smallest absolute Gasteiger partial charge is 0.123 e. The fourth-order valence-electron chi connectivity index (χ4n) is 3.24. The summed E-state index contributed by atoms with van der Waals surface area (Å²) in [4.78, 5) is 0. The van der Waals surface area contributed by atoms with Gasteiger partial charge in [0.25, 0.3) is 0 Å². The number of aromatic nitrogens is 2. The van der Waals surface area contributed by atoms with Crippen molar-refractivity contribution in [2.75, 3.05) is 6.61 Å². The molecule has 1 aromatic heterocycles. The standard InChI is InChI=1S/C20H20FN3O/c1-24-13-17(12-23-24)20(15-3-5-18(21)6-4-15)22-11-14-2-7-19-16(10-14)8-9-25-19/h2-7,10,12-13,20,22H,8-9,11H2,1H3/t20-/m1/s1. The Labute approximate surface area is 146 Å². The second-order valence-corrected chi connectivity index (χ2v) is 6.35. The quantitative estimate of drug-likeness (QED) is 0.776. The Kier molecular flexibility index (Phi) is 4.24. The zero-order valence-corrected chi connectivity index (χ0v) is 14.1. The van der Waals surface area contributed by atoms with E-state index < -0.39 is 0 Å². The van der Waals surface area contributed by atoms with Gasteiger partial charge in [-0.15, -0.1) is 0 Å². The van der Waals surface area contributed by atoms with Crippen molar-refractivity contribution in [2.45, 2.75) is 19.0 Å². The molecule has 1 aliphatic rings. The molecule has 2 aromatic carbocycles. The molecule has 25 heavy (non-hydrogen) atoms. The van der Waals surface area contributed by atoms with E-state index in [0.717, 1.165) is 29.9 Å². The van der Waals surface area contributed by atoms with E-state index in [4.69, 9.17) is 4.74 Å². The molecule has 4 nitrogen and oxygen atoms in total. The average molecular weight is 337 g/mol. The molecule has 0 saturated heterocycles. The molecular formula is C20H20FN3O. The van der Waals surface area contributed by atoms with E-state index in [9.17, 15) is 4.39 Å². The van der Waals surface area contributed by atoms with Crippen LogP contribution in [-0.4, -0.2) is 16.4 Å². The van der Waals surface area contributed by atoms with Crippen molar-refractivity contribution >= 4 is 0 Å². The van der Waals surface area contributed by atoms with Crippen LogP contribution in [0.25, 0.3) is 0 Å². The van der Waals surface area contributed by atoms with E-state index in [-0.39, 0.29) is 11.9 Å². The van der Waals surface area contributed by atoms with Crippen LogP contribution in [0.15, 0.2) is 54.9 Å². The van der Waals surface area contributed by atoms with Gasteiger partial charge < -0.3 is 10.1 Å². The lowest BCUT2D eigenvalue weighted by Crippen LogP contribution is -2.21. The summed E-state index contributed by atoms with van der Waals surface area (Å²) in [7, 11) is 1.89. The number of hydrogen-bond acceptors (Lipinski definition) is 3.